The van der Waals surface area contributed by atoms with Crippen LogP contribution in [0.25, 0.3) is 0 Å². The smallest absolute Gasteiger partial charge is 0.373 e. The first-order valence-electron chi connectivity index (χ1n) is 9.92. The van der Waals surface area contributed by atoms with Gasteiger partial charge in [-0.25, -0.2) is 4.98 Å². The monoisotopic (exact) mass is 439 g/mol. The van der Waals surface area contributed by atoms with Crippen LogP contribution in [0.1, 0.15) is 11.1 Å². The standard InChI is InChI=1S/C22H22ClN5O3/c1-15-6-7-19(12-16(15)2)31-22-20(28(29)30)21(24-14-25-22)27-10-8-26(9-11-27)18-5-3-4-17(23)13-18/h3-7,12-14H,8-11H2,1-2H3. The van der Waals surface area contributed by atoms with Crippen LogP contribution in [0, 0.1) is 24.0 Å². The molecule has 8 nitrogen and oxygen atoms in total. The zero-order valence-electron chi connectivity index (χ0n) is 17.3. The Balaban J connectivity index is 1.57. The maximum atomic E-state index is 11.9. The van der Waals surface area contributed by atoms with Crippen molar-refractivity contribution >= 4 is 28.8 Å². The summed E-state index contributed by atoms with van der Waals surface area (Å²) in [6.07, 6.45) is 1.31. The van der Waals surface area contributed by atoms with Gasteiger partial charge in [0.25, 0.3) is 0 Å². The average Bonchev–Trinajstić information content (AvgIpc) is 2.76. The highest BCUT2D eigenvalue weighted by Crippen LogP contribution is 2.37. The highest BCUT2D eigenvalue weighted by molar-refractivity contribution is 6.30. The summed E-state index contributed by atoms with van der Waals surface area (Å²) in [5.41, 5.74) is 2.95. The number of nitrogens with zero attached hydrogens (tertiary/aromatic N) is 5. The minimum atomic E-state index is -0.477. The van der Waals surface area contributed by atoms with Gasteiger partial charge in [0.05, 0.1) is 4.92 Å². The fourth-order valence-corrected chi connectivity index (χ4v) is 3.74. The van der Waals surface area contributed by atoms with E-state index < -0.39 is 4.92 Å². The van der Waals surface area contributed by atoms with Crippen molar-refractivity contribution in [2.75, 3.05) is 36.0 Å². The lowest BCUT2D eigenvalue weighted by molar-refractivity contribution is -0.385. The van der Waals surface area contributed by atoms with Crippen LogP contribution in [-0.2, 0) is 0 Å². The maximum absolute atomic E-state index is 11.9. The van der Waals surface area contributed by atoms with E-state index in [1.807, 2.05) is 55.1 Å². The predicted molar refractivity (Wildman–Crippen MR) is 121 cm³/mol. The molecular formula is C22H22ClN5O3. The summed E-state index contributed by atoms with van der Waals surface area (Å²) < 4.78 is 5.80. The Kier molecular flexibility index (Phi) is 5.90. The van der Waals surface area contributed by atoms with Gasteiger partial charge in [-0.2, -0.15) is 4.98 Å². The highest BCUT2D eigenvalue weighted by atomic mass is 35.5. The third-order valence-corrected chi connectivity index (χ3v) is 5.63. The largest absolute Gasteiger partial charge is 0.434 e. The third-order valence-electron chi connectivity index (χ3n) is 5.40. The molecule has 1 saturated heterocycles. The number of hydrogen-bond acceptors (Lipinski definition) is 7. The Morgan fingerprint density at radius 1 is 1.00 bits per heavy atom. The second kappa shape index (κ2) is 8.77. The topological polar surface area (TPSA) is 84.6 Å². The van der Waals surface area contributed by atoms with Crippen molar-refractivity contribution < 1.29 is 9.66 Å². The molecule has 2 aromatic carbocycles. The van der Waals surface area contributed by atoms with Gasteiger partial charge in [0.1, 0.15) is 12.1 Å². The van der Waals surface area contributed by atoms with Crippen molar-refractivity contribution in [3.8, 4) is 11.6 Å². The SMILES string of the molecule is Cc1ccc(Oc2ncnc(N3CCN(c4cccc(Cl)c4)CC3)c2[N+](=O)[O-])cc1C. The number of nitro groups is 1. The molecule has 3 aromatic rings. The van der Waals surface area contributed by atoms with E-state index in [0.717, 1.165) is 16.8 Å². The molecule has 0 radical (unpaired) electrons. The van der Waals surface area contributed by atoms with Crippen LogP contribution >= 0.6 is 11.6 Å². The van der Waals surface area contributed by atoms with E-state index in [1.165, 1.54) is 6.33 Å². The van der Waals surface area contributed by atoms with E-state index in [-0.39, 0.29) is 17.4 Å². The van der Waals surface area contributed by atoms with Gasteiger partial charge in [-0.05, 0) is 55.3 Å². The van der Waals surface area contributed by atoms with Gasteiger partial charge in [-0.15, -0.1) is 0 Å². The van der Waals surface area contributed by atoms with E-state index in [2.05, 4.69) is 14.9 Å². The number of piperazine rings is 1. The van der Waals surface area contributed by atoms with E-state index >= 15 is 0 Å². The molecule has 0 amide bonds. The lowest BCUT2D eigenvalue weighted by atomic mass is 10.1. The number of anilines is 2. The molecule has 0 bridgehead atoms. The minimum absolute atomic E-state index is 0.0597. The van der Waals surface area contributed by atoms with Crippen LogP contribution in [0.3, 0.4) is 0 Å². The first kappa shape index (κ1) is 20.9. The number of benzene rings is 2. The molecule has 0 atom stereocenters. The second-order valence-electron chi connectivity index (χ2n) is 7.41. The Morgan fingerprint density at radius 2 is 1.74 bits per heavy atom. The van der Waals surface area contributed by atoms with Gasteiger partial charge in [0.2, 0.25) is 5.82 Å². The summed E-state index contributed by atoms with van der Waals surface area (Å²) >= 11 is 6.10. The van der Waals surface area contributed by atoms with E-state index in [4.69, 9.17) is 16.3 Å². The number of aryl methyl sites for hydroxylation is 2. The molecule has 9 heteroatoms. The van der Waals surface area contributed by atoms with Crippen LogP contribution in [-0.4, -0.2) is 41.1 Å². The lowest BCUT2D eigenvalue weighted by Gasteiger charge is -2.36. The second-order valence-corrected chi connectivity index (χ2v) is 7.85. The maximum Gasteiger partial charge on any atom is 0.373 e. The fourth-order valence-electron chi connectivity index (χ4n) is 3.56. The molecule has 1 aliphatic rings. The quantitative estimate of drug-likeness (QED) is 0.418. The molecule has 1 fully saturated rings. The normalized spacial score (nSPS) is 13.9. The molecule has 1 aromatic heterocycles. The van der Waals surface area contributed by atoms with Gasteiger partial charge in [0.15, 0.2) is 0 Å². The fraction of sp³-hybridized carbons (Fsp3) is 0.273. The first-order chi connectivity index (χ1) is 14.9. The van der Waals surface area contributed by atoms with Crippen LogP contribution in [0.4, 0.5) is 17.2 Å². The molecule has 2 heterocycles. The Bertz CT molecular complexity index is 1120. The summed E-state index contributed by atoms with van der Waals surface area (Å²) in [5, 5.41) is 12.6. The van der Waals surface area contributed by atoms with Gasteiger partial charge < -0.3 is 14.5 Å². The minimum Gasteiger partial charge on any atom is -0.434 e. The summed E-state index contributed by atoms with van der Waals surface area (Å²) in [6, 6.07) is 13.2. The zero-order valence-corrected chi connectivity index (χ0v) is 18.0. The number of aromatic nitrogens is 2. The molecule has 0 spiro atoms. The van der Waals surface area contributed by atoms with Crippen molar-refractivity contribution in [3.63, 3.8) is 0 Å². The number of ether oxygens (including phenoxy) is 1. The summed E-state index contributed by atoms with van der Waals surface area (Å²) in [5.74, 6) is 0.710. The summed E-state index contributed by atoms with van der Waals surface area (Å²) in [6.45, 7) is 6.49. The molecule has 31 heavy (non-hydrogen) atoms. The van der Waals surface area contributed by atoms with E-state index in [0.29, 0.717) is 37.0 Å². The van der Waals surface area contributed by atoms with Gasteiger partial charge in [-0.1, -0.05) is 23.7 Å². The Morgan fingerprint density at radius 3 is 2.42 bits per heavy atom. The lowest BCUT2D eigenvalue weighted by Crippen LogP contribution is -2.47. The Labute approximate surface area is 185 Å². The van der Waals surface area contributed by atoms with Crippen LogP contribution in [0.15, 0.2) is 48.8 Å². The summed E-state index contributed by atoms with van der Waals surface area (Å²) in [7, 11) is 0. The average molecular weight is 440 g/mol. The van der Waals surface area contributed by atoms with Gasteiger partial charge in [-0.3, -0.25) is 10.1 Å². The molecule has 1 aliphatic heterocycles. The summed E-state index contributed by atoms with van der Waals surface area (Å²) in [4.78, 5) is 23.8. The van der Waals surface area contributed by atoms with Gasteiger partial charge >= 0.3 is 11.6 Å². The molecule has 0 saturated carbocycles. The predicted octanol–water partition coefficient (Wildman–Crippen LogP) is 4.77. The van der Waals surface area contributed by atoms with Crippen molar-refractivity contribution in [2.24, 2.45) is 0 Å². The van der Waals surface area contributed by atoms with Crippen molar-refractivity contribution in [1.29, 1.82) is 0 Å². The number of hydrogen-bond donors (Lipinski definition) is 0. The molecule has 4 rings (SSSR count). The van der Waals surface area contributed by atoms with Gasteiger partial charge in [0, 0.05) is 36.9 Å². The molecular weight excluding hydrogens is 418 g/mol. The molecule has 0 aliphatic carbocycles. The van der Waals surface area contributed by atoms with Crippen molar-refractivity contribution in [1.82, 2.24) is 9.97 Å². The molecule has 160 valence electrons. The zero-order chi connectivity index (χ0) is 22.0. The van der Waals surface area contributed by atoms with Crippen LogP contribution in [0.2, 0.25) is 5.02 Å². The van der Waals surface area contributed by atoms with E-state index in [9.17, 15) is 10.1 Å². The van der Waals surface area contributed by atoms with Crippen molar-refractivity contribution in [2.45, 2.75) is 13.8 Å². The Hall–Kier alpha value is -3.39. The van der Waals surface area contributed by atoms with Crippen LogP contribution in [0.5, 0.6) is 11.6 Å². The number of rotatable bonds is 5. The first-order valence-corrected chi connectivity index (χ1v) is 10.3. The van der Waals surface area contributed by atoms with Crippen LogP contribution < -0.4 is 14.5 Å². The van der Waals surface area contributed by atoms with E-state index in [1.54, 1.807) is 6.07 Å². The molecule has 0 N–H and O–H groups in total. The number of halogens is 1. The van der Waals surface area contributed by atoms with Crippen molar-refractivity contribution in [3.05, 3.63) is 75.1 Å². The highest BCUT2D eigenvalue weighted by Gasteiger charge is 2.30. The molecule has 0 unspecified atom stereocenters. The third kappa shape index (κ3) is 4.54.